The number of rotatable bonds is 1. The highest BCUT2D eigenvalue weighted by Crippen LogP contribution is 2.30. The summed E-state index contributed by atoms with van der Waals surface area (Å²) in [6, 6.07) is 0. The average Bonchev–Trinajstić information content (AvgIpc) is 2.03. The monoisotopic (exact) mass is 168 g/mol. The van der Waals surface area contributed by atoms with Crippen molar-refractivity contribution in [1.82, 2.24) is 0 Å². The summed E-state index contributed by atoms with van der Waals surface area (Å²) in [5.74, 6) is 7.50. The fourth-order valence-corrected chi connectivity index (χ4v) is 2.11. The van der Waals surface area contributed by atoms with Crippen molar-refractivity contribution < 1.29 is 0 Å². The van der Waals surface area contributed by atoms with E-state index in [1.165, 1.54) is 18.6 Å². The lowest BCUT2D eigenvalue weighted by Crippen LogP contribution is -2.28. The molecule has 0 unspecified atom stereocenters. The molecular formula is C10H20N2. The van der Waals surface area contributed by atoms with Crippen LogP contribution in [-0.4, -0.2) is 5.71 Å². The number of hydrazone groups is 1. The van der Waals surface area contributed by atoms with Crippen molar-refractivity contribution in [2.45, 2.75) is 40.0 Å². The van der Waals surface area contributed by atoms with E-state index in [1.807, 2.05) is 0 Å². The third-order valence-electron chi connectivity index (χ3n) is 2.93. The minimum Gasteiger partial charge on any atom is -0.323 e. The SMILES string of the molecule is CC(C)[C@H]1CC[C@H](C)C/C1=N/N. The minimum absolute atomic E-state index is 0.645. The smallest absolute Gasteiger partial charge is 0.0412 e. The molecule has 1 fully saturated rings. The molecule has 0 aromatic heterocycles. The normalized spacial score (nSPS) is 34.5. The van der Waals surface area contributed by atoms with Crippen LogP contribution < -0.4 is 5.84 Å². The molecule has 0 aromatic rings. The van der Waals surface area contributed by atoms with Gasteiger partial charge in [0.05, 0.1) is 0 Å². The van der Waals surface area contributed by atoms with Gasteiger partial charge in [-0.1, -0.05) is 20.8 Å². The van der Waals surface area contributed by atoms with Crippen LogP contribution >= 0.6 is 0 Å². The third-order valence-corrected chi connectivity index (χ3v) is 2.93. The summed E-state index contributed by atoms with van der Waals surface area (Å²) in [5.41, 5.74) is 1.24. The van der Waals surface area contributed by atoms with Crippen molar-refractivity contribution in [1.29, 1.82) is 0 Å². The first-order valence-corrected chi connectivity index (χ1v) is 4.91. The number of nitrogens with zero attached hydrogens (tertiary/aromatic N) is 1. The van der Waals surface area contributed by atoms with Gasteiger partial charge in [-0.3, -0.25) is 0 Å². The molecule has 0 aliphatic heterocycles. The highest BCUT2D eigenvalue weighted by molar-refractivity contribution is 5.87. The van der Waals surface area contributed by atoms with Crippen LogP contribution in [0.25, 0.3) is 0 Å². The summed E-state index contributed by atoms with van der Waals surface area (Å²) in [7, 11) is 0. The number of hydrogen-bond donors (Lipinski definition) is 1. The summed E-state index contributed by atoms with van der Waals surface area (Å²) in [6.07, 6.45) is 3.72. The first-order chi connectivity index (χ1) is 5.65. The molecule has 0 spiro atoms. The van der Waals surface area contributed by atoms with Crippen LogP contribution in [0.15, 0.2) is 5.10 Å². The van der Waals surface area contributed by atoms with Crippen LogP contribution in [0.5, 0.6) is 0 Å². The second-order valence-electron chi connectivity index (χ2n) is 4.36. The summed E-state index contributed by atoms with van der Waals surface area (Å²) in [6.45, 7) is 6.79. The van der Waals surface area contributed by atoms with Crippen molar-refractivity contribution >= 4 is 5.71 Å². The molecule has 1 saturated carbocycles. The molecule has 0 amide bonds. The van der Waals surface area contributed by atoms with Gasteiger partial charge in [0, 0.05) is 11.6 Å². The van der Waals surface area contributed by atoms with Crippen molar-refractivity contribution in [3.05, 3.63) is 0 Å². The van der Waals surface area contributed by atoms with Crippen molar-refractivity contribution in [3.63, 3.8) is 0 Å². The molecule has 70 valence electrons. The van der Waals surface area contributed by atoms with E-state index in [-0.39, 0.29) is 0 Å². The van der Waals surface area contributed by atoms with Crippen LogP contribution in [0, 0.1) is 17.8 Å². The van der Waals surface area contributed by atoms with E-state index in [1.54, 1.807) is 0 Å². The van der Waals surface area contributed by atoms with Gasteiger partial charge in [-0.25, -0.2) is 0 Å². The molecule has 2 nitrogen and oxygen atoms in total. The maximum Gasteiger partial charge on any atom is 0.0412 e. The van der Waals surface area contributed by atoms with E-state index in [4.69, 9.17) is 5.84 Å². The lowest BCUT2D eigenvalue weighted by molar-refractivity contribution is 0.364. The Labute approximate surface area is 75.2 Å². The highest BCUT2D eigenvalue weighted by atomic mass is 15.1. The van der Waals surface area contributed by atoms with Crippen LogP contribution in [-0.2, 0) is 0 Å². The molecule has 0 aromatic carbocycles. The van der Waals surface area contributed by atoms with Gasteiger partial charge in [0.2, 0.25) is 0 Å². The zero-order valence-electron chi connectivity index (χ0n) is 8.38. The number of hydrogen-bond acceptors (Lipinski definition) is 2. The molecule has 0 heterocycles. The fourth-order valence-electron chi connectivity index (χ4n) is 2.11. The quantitative estimate of drug-likeness (QED) is 0.474. The van der Waals surface area contributed by atoms with E-state index in [9.17, 15) is 0 Å². The van der Waals surface area contributed by atoms with E-state index in [0.717, 1.165) is 12.3 Å². The van der Waals surface area contributed by atoms with Crippen molar-refractivity contribution in [2.75, 3.05) is 0 Å². The van der Waals surface area contributed by atoms with Gasteiger partial charge < -0.3 is 5.84 Å². The van der Waals surface area contributed by atoms with Gasteiger partial charge in [0.1, 0.15) is 0 Å². The van der Waals surface area contributed by atoms with E-state index in [0.29, 0.717) is 11.8 Å². The lowest BCUT2D eigenvalue weighted by atomic mass is 9.76. The number of nitrogens with two attached hydrogens (primary N) is 1. The molecule has 1 aliphatic carbocycles. The molecule has 2 heteroatoms. The Morgan fingerprint density at radius 1 is 1.42 bits per heavy atom. The predicted octanol–water partition coefficient (Wildman–Crippen LogP) is 2.39. The summed E-state index contributed by atoms with van der Waals surface area (Å²) in [4.78, 5) is 0. The van der Waals surface area contributed by atoms with Crippen molar-refractivity contribution in [2.24, 2.45) is 28.7 Å². The topological polar surface area (TPSA) is 38.4 Å². The zero-order valence-corrected chi connectivity index (χ0v) is 8.38. The lowest BCUT2D eigenvalue weighted by Gasteiger charge is -2.30. The predicted molar refractivity (Wildman–Crippen MR) is 53.0 cm³/mol. The molecule has 0 radical (unpaired) electrons. The average molecular weight is 168 g/mol. The van der Waals surface area contributed by atoms with Gasteiger partial charge in [-0.2, -0.15) is 5.10 Å². The second kappa shape index (κ2) is 3.92. The van der Waals surface area contributed by atoms with E-state index < -0.39 is 0 Å². The first-order valence-electron chi connectivity index (χ1n) is 4.91. The summed E-state index contributed by atoms with van der Waals surface area (Å²) >= 11 is 0. The standard InChI is InChI=1S/C10H20N2/c1-7(2)9-5-4-8(3)6-10(9)12-11/h7-9H,4-6,11H2,1-3H3/b12-10-/t8-,9+/m0/s1. The molecule has 2 N–H and O–H groups in total. The maximum atomic E-state index is 5.38. The first kappa shape index (κ1) is 9.56. The summed E-state index contributed by atoms with van der Waals surface area (Å²) < 4.78 is 0. The Morgan fingerprint density at radius 2 is 2.08 bits per heavy atom. The Hall–Kier alpha value is -0.530. The maximum absolute atomic E-state index is 5.38. The van der Waals surface area contributed by atoms with Gasteiger partial charge in [0.15, 0.2) is 0 Å². The molecule has 1 aliphatic rings. The highest BCUT2D eigenvalue weighted by Gasteiger charge is 2.26. The Bertz CT molecular complexity index is 173. The summed E-state index contributed by atoms with van der Waals surface area (Å²) in [5, 5.41) is 3.92. The third kappa shape index (κ3) is 1.99. The second-order valence-corrected chi connectivity index (χ2v) is 4.36. The Balaban J connectivity index is 2.63. The van der Waals surface area contributed by atoms with Gasteiger partial charge in [-0.05, 0) is 31.1 Å². The largest absolute Gasteiger partial charge is 0.323 e. The minimum atomic E-state index is 0.645. The van der Waals surface area contributed by atoms with E-state index in [2.05, 4.69) is 25.9 Å². The molecule has 0 bridgehead atoms. The van der Waals surface area contributed by atoms with Crippen LogP contribution in [0.3, 0.4) is 0 Å². The molecule has 1 rings (SSSR count). The Morgan fingerprint density at radius 3 is 2.58 bits per heavy atom. The van der Waals surface area contributed by atoms with Crippen LogP contribution in [0.1, 0.15) is 40.0 Å². The zero-order chi connectivity index (χ0) is 9.14. The van der Waals surface area contributed by atoms with Gasteiger partial charge in [-0.15, -0.1) is 0 Å². The molecule has 0 saturated heterocycles. The van der Waals surface area contributed by atoms with Crippen LogP contribution in [0.2, 0.25) is 0 Å². The van der Waals surface area contributed by atoms with E-state index >= 15 is 0 Å². The fraction of sp³-hybridized carbons (Fsp3) is 0.900. The van der Waals surface area contributed by atoms with Gasteiger partial charge >= 0.3 is 0 Å². The Kier molecular flexibility index (Phi) is 3.12. The molecule has 12 heavy (non-hydrogen) atoms. The molecule has 2 atom stereocenters. The van der Waals surface area contributed by atoms with Crippen molar-refractivity contribution in [3.8, 4) is 0 Å². The van der Waals surface area contributed by atoms with Gasteiger partial charge in [0.25, 0.3) is 0 Å². The van der Waals surface area contributed by atoms with Crippen LogP contribution in [0.4, 0.5) is 0 Å². The molecular weight excluding hydrogens is 148 g/mol.